The Kier molecular flexibility index (Phi) is 4.98. The van der Waals surface area contributed by atoms with Crippen LogP contribution in [-0.4, -0.2) is 43.0 Å². The number of hydrogen-bond acceptors (Lipinski definition) is 4. The summed E-state index contributed by atoms with van der Waals surface area (Å²) >= 11 is 0. The summed E-state index contributed by atoms with van der Waals surface area (Å²) in [4.78, 5) is 36.2. The maximum Gasteiger partial charge on any atom is 0.409 e. The fraction of sp³-hybridized carbons (Fsp3) is 0.400. The second-order valence-electron chi connectivity index (χ2n) is 5.16. The predicted octanol–water partition coefficient (Wildman–Crippen LogP) is 1.20. The highest BCUT2D eigenvalue weighted by Gasteiger charge is 2.27. The maximum atomic E-state index is 12.2. The zero-order chi connectivity index (χ0) is 16.1. The van der Waals surface area contributed by atoms with E-state index in [0.717, 1.165) is 0 Å². The molecule has 0 aromatic heterocycles. The van der Waals surface area contributed by atoms with Crippen molar-refractivity contribution < 1.29 is 19.1 Å². The molecule has 3 N–H and O–H groups in total. The first-order valence-corrected chi connectivity index (χ1v) is 7.05. The van der Waals surface area contributed by atoms with Crippen LogP contribution < -0.4 is 11.1 Å². The zero-order valence-electron chi connectivity index (χ0n) is 12.4. The fourth-order valence-corrected chi connectivity index (χ4v) is 2.42. The van der Waals surface area contributed by atoms with Gasteiger partial charge in [0.2, 0.25) is 11.8 Å². The van der Waals surface area contributed by atoms with Crippen LogP contribution in [0.15, 0.2) is 24.3 Å². The number of piperidine rings is 1. The first-order chi connectivity index (χ1) is 10.5. The van der Waals surface area contributed by atoms with E-state index < -0.39 is 5.91 Å². The van der Waals surface area contributed by atoms with Crippen LogP contribution in [0.4, 0.5) is 10.5 Å². The molecule has 1 aromatic carbocycles. The highest BCUT2D eigenvalue weighted by molar-refractivity contribution is 5.95. The smallest absolute Gasteiger partial charge is 0.409 e. The van der Waals surface area contributed by atoms with Crippen LogP contribution in [0, 0.1) is 5.92 Å². The molecule has 118 valence electrons. The van der Waals surface area contributed by atoms with Gasteiger partial charge >= 0.3 is 6.09 Å². The van der Waals surface area contributed by atoms with Crippen LogP contribution in [0.5, 0.6) is 0 Å². The summed E-state index contributed by atoms with van der Waals surface area (Å²) in [5.41, 5.74) is 6.17. The molecule has 1 heterocycles. The van der Waals surface area contributed by atoms with E-state index in [1.165, 1.54) is 7.11 Å². The molecule has 2 rings (SSSR count). The molecule has 0 spiro atoms. The average molecular weight is 305 g/mol. The number of anilines is 1. The van der Waals surface area contributed by atoms with E-state index in [1.807, 2.05) is 0 Å². The Hall–Kier alpha value is -2.57. The molecule has 7 nitrogen and oxygen atoms in total. The van der Waals surface area contributed by atoms with Crippen molar-refractivity contribution >= 4 is 23.6 Å². The quantitative estimate of drug-likeness (QED) is 0.876. The molecule has 3 amide bonds. The molecule has 0 aliphatic carbocycles. The Morgan fingerprint density at radius 1 is 1.18 bits per heavy atom. The average Bonchev–Trinajstić information content (AvgIpc) is 2.54. The number of ether oxygens (including phenoxy) is 1. The summed E-state index contributed by atoms with van der Waals surface area (Å²) in [6, 6.07) is 6.42. The number of primary amides is 1. The number of methoxy groups -OCH3 is 1. The molecular formula is C15H19N3O4. The van der Waals surface area contributed by atoms with Crippen LogP contribution in [0.2, 0.25) is 0 Å². The summed E-state index contributed by atoms with van der Waals surface area (Å²) < 4.78 is 4.66. The topological polar surface area (TPSA) is 102 Å². The normalized spacial score (nSPS) is 15.2. The Morgan fingerprint density at radius 3 is 2.27 bits per heavy atom. The maximum absolute atomic E-state index is 12.2. The van der Waals surface area contributed by atoms with Gasteiger partial charge < -0.3 is 20.7 Å². The zero-order valence-corrected chi connectivity index (χ0v) is 12.4. The lowest BCUT2D eigenvalue weighted by Gasteiger charge is -2.30. The van der Waals surface area contributed by atoms with Gasteiger partial charge in [0.1, 0.15) is 0 Å². The highest BCUT2D eigenvalue weighted by Crippen LogP contribution is 2.20. The van der Waals surface area contributed by atoms with E-state index in [9.17, 15) is 14.4 Å². The minimum absolute atomic E-state index is 0.0867. The van der Waals surface area contributed by atoms with Crippen LogP contribution in [0.1, 0.15) is 23.2 Å². The third-order valence-electron chi connectivity index (χ3n) is 3.74. The van der Waals surface area contributed by atoms with Gasteiger partial charge in [-0.15, -0.1) is 0 Å². The van der Waals surface area contributed by atoms with Gasteiger partial charge in [0.05, 0.1) is 7.11 Å². The van der Waals surface area contributed by atoms with E-state index >= 15 is 0 Å². The molecule has 0 radical (unpaired) electrons. The van der Waals surface area contributed by atoms with Crippen LogP contribution >= 0.6 is 0 Å². The molecule has 0 saturated carbocycles. The van der Waals surface area contributed by atoms with Crippen molar-refractivity contribution in [1.82, 2.24) is 4.90 Å². The second-order valence-corrected chi connectivity index (χ2v) is 5.16. The highest BCUT2D eigenvalue weighted by atomic mass is 16.5. The van der Waals surface area contributed by atoms with Gasteiger partial charge in [-0.1, -0.05) is 0 Å². The van der Waals surface area contributed by atoms with Gasteiger partial charge in [-0.3, -0.25) is 9.59 Å². The first-order valence-electron chi connectivity index (χ1n) is 7.05. The van der Waals surface area contributed by atoms with Gasteiger partial charge in [-0.2, -0.15) is 0 Å². The monoisotopic (exact) mass is 305 g/mol. The number of amides is 3. The molecule has 1 fully saturated rings. The second kappa shape index (κ2) is 6.93. The molecule has 0 unspecified atom stereocenters. The predicted molar refractivity (Wildman–Crippen MR) is 80.3 cm³/mol. The van der Waals surface area contributed by atoms with Crippen molar-refractivity contribution in [3.8, 4) is 0 Å². The minimum Gasteiger partial charge on any atom is -0.453 e. The van der Waals surface area contributed by atoms with Crippen LogP contribution in [-0.2, 0) is 9.53 Å². The van der Waals surface area contributed by atoms with Gasteiger partial charge in [-0.05, 0) is 37.1 Å². The lowest BCUT2D eigenvalue weighted by molar-refractivity contribution is -0.121. The van der Waals surface area contributed by atoms with Gasteiger partial charge in [0.25, 0.3) is 0 Å². The summed E-state index contributed by atoms with van der Waals surface area (Å²) in [5.74, 6) is -0.735. The van der Waals surface area contributed by atoms with Crippen LogP contribution in [0.25, 0.3) is 0 Å². The Morgan fingerprint density at radius 2 is 1.77 bits per heavy atom. The lowest BCUT2D eigenvalue weighted by Crippen LogP contribution is -2.41. The molecule has 7 heteroatoms. The van der Waals surface area contributed by atoms with Crippen molar-refractivity contribution in [2.24, 2.45) is 11.7 Å². The number of benzene rings is 1. The number of rotatable bonds is 3. The number of nitrogens with two attached hydrogens (primary N) is 1. The van der Waals surface area contributed by atoms with Crippen molar-refractivity contribution in [3.63, 3.8) is 0 Å². The standard InChI is InChI=1S/C15H19N3O4/c1-22-15(21)18-8-6-11(7-9-18)14(20)17-12-4-2-10(3-5-12)13(16)19/h2-5,11H,6-9H2,1H3,(H2,16,19)(H,17,20). The number of hydrogen-bond donors (Lipinski definition) is 2. The molecule has 1 aliphatic rings. The van der Waals surface area contributed by atoms with E-state index in [2.05, 4.69) is 10.1 Å². The van der Waals surface area contributed by atoms with E-state index in [0.29, 0.717) is 37.2 Å². The number of nitrogens with zero attached hydrogens (tertiary/aromatic N) is 1. The molecule has 0 atom stereocenters. The number of likely N-dealkylation sites (tertiary alicyclic amines) is 1. The van der Waals surface area contributed by atoms with E-state index in [-0.39, 0.29) is 17.9 Å². The summed E-state index contributed by atoms with van der Waals surface area (Å²) in [6.45, 7) is 1.01. The van der Waals surface area contributed by atoms with Crippen molar-refractivity contribution in [1.29, 1.82) is 0 Å². The molecular weight excluding hydrogens is 286 g/mol. The largest absolute Gasteiger partial charge is 0.453 e. The summed E-state index contributed by atoms with van der Waals surface area (Å²) in [7, 11) is 1.34. The number of carbonyl (C=O) groups is 3. The first kappa shape index (κ1) is 15.8. The Balaban J connectivity index is 1.88. The summed E-state index contributed by atoms with van der Waals surface area (Å²) in [5, 5.41) is 2.81. The van der Waals surface area contributed by atoms with Crippen LogP contribution in [0.3, 0.4) is 0 Å². The third kappa shape index (κ3) is 3.75. The van der Waals surface area contributed by atoms with Crippen molar-refractivity contribution in [2.45, 2.75) is 12.8 Å². The molecule has 22 heavy (non-hydrogen) atoms. The lowest BCUT2D eigenvalue weighted by atomic mass is 9.96. The molecule has 1 saturated heterocycles. The van der Waals surface area contributed by atoms with Gasteiger partial charge in [0, 0.05) is 30.3 Å². The van der Waals surface area contributed by atoms with Gasteiger partial charge in [0.15, 0.2) is 0 Å². The fourth-order valence-electron chi connectivity index (χ4n) is 2.42. The molecule has 1 aliphatic heterocycles. The van der Waals surface area contributed by atoms with Crippen molar-refractivity contribution in [2.75, 3.05) is 25.5 Å². The molecule has 1 aromatic rings. The number of carbonyl (C=O) groups excluding carboxylic acids is 3. The van der Waals surface area contributed by atoms with E-state index in [1.54, 1.807) is 29.2 Å². The van der Waals surface area contributed by atoms with E-state index in [4.69, 9.17) is 5.73 Å². The van der Waals surface area contributed by atoms with Crippen molar-refractivity contribution in [3.05, 3.63) is 29.8 Å². The van der Waals surface area contributed by atoms with Gasteiger partial charge in [-0.25, -0.2) is 4.79 Å². The Bertz CT molecular complexity index is 563. The molecule has 0 bridgehead atoms. The third-order valence-corrected chi connectivity index (χ3v) is 3.74. The Labute approximate surface area is 128 Å². The minimum atomic E-state index is -0.506. The summed E-state index contributed by atoms with van der Waals surface area (Å²) in [6.07, 6.45) is 0.835. The number of nitrogens with one attached hydrogen (secondary N) is 1. The SMILES string of the molecule is COC(=O)N1CCC(C(=O)Nc2ccc(C(N)=O)cc2)CC1.